The zero-order valence-electron chi connectivity index (χ0n) is 3.19. The van der Waals surface area contributed by atoms with Crippen LogP contribution in [0.4, 0.5) is 0 Å². The van der Waals surface area contributed by atoms with Gasteiger partial charge >= 0.3 is 5.97 Å². The highest BCUT2D eigenvalue weighted by molar-refractivity contribution is 9.12. The third-order valence-corrected chi connectivity index (χ3v) is 0.571. The summed E-state index contributed by atoms with van der Waals surface area (Å²) in [6, 6.07) is 0. The van der Waals surface area contributed by atoms with E-state index >= 15 is 0 Å². The molecule has 1 N–H and O–H groups in total. The molecule has 2 nitrogen and oxygen atoms in total. The second-order valence-corrected chi connectivity index (χ2v) is 2.49. The number of hydrogen-bond donors (Lipinski definition) is 1. The molecule has 0 bridgehead atoms. The maximum Gasteiger partial charge on any atom is 0.330 e. The van der Waals surface area contributed by atoms with Gasteiger partial charge in [0.05, 0.1) is 3.94 Å². The van der Waals surface area contributed by atoms with Crippen LogP contribution in [0.1, 0.15) is 0 Å². The van der Waals surface area contributed by atoms with E-state index in [-0.39, 0.29) is 3.94 Å². The van der Waals surface area contributed by atoms with E-state index in [1.807, 2.05) is 0 Å². The minimum atomic E-state index is -1.05. The van der Waals surface area contributed by atoms with Crippen LogP contribution in [0.25, 0.3) is 0 Å². The number of aliphatic carboxylic acids is 1. The van der Waals surface area contributed by atoms with Crippen LogP contribution in [-0.4, -0.2) is 11.1 Å². The van der Waals surface area contributed by atoms with Gasteiger partial charge in [-0.1, -0.05) is 11.6 Å². The smallest absolute Gasteiger partial charge is 0.330 e. The molecule has 0 atom stereocenters. The Hall–Kier alpha value is -0.0200. The van der Waals surface area contributed by atoms with Crippen LogP contribution in [0.5, 0.6) is 0 Å². The van der Waals surface area contributed by atoms with Gasteiger partial charge in [0.15, 0.2) is 0 Å². The molecule has 0 saturated heterocycles. The SMILES string of the molecule is O=C(O)/C=C(\Cl)Br. The van der Waals surface area contributed by atoms with Gasteiger partial charge in [0.1, 0.15) is 0 Å². The van der Waals surface area contributed by atoms with Crippen LogP contribution in [-0.2, 0) is 4.79 Å². The third kappa shape index (κ3) is 5.98. The molecule has 40 valence electrons. The van der Waals surface area contributed by atoms with Gasteiger partial charge in [-0.2, -0.15) is 0 Å². The Kier molecular flexibility index (Phi) is 3.04. The Morgan fingerprint density at radius 3 is 2.29 bits per heavy atom. The van der Waals surface area contributed by atoms with Crippen molar-refractivity contribution in [3.8, 4) is 0 Å². The predicted molar refractivity (Wildman–Crippen MR) is 30.5 cm³/mol. The summed E-state index contributed by atoms with van der Waals surface area (Å²) in [4.78, 5) is 9.62. The lowest BCUT2D eigenvalue weighted by atomic mass is 10.7. The van der Waals surface area contributed by atoms with E-state index in [0.29, 0.717) is 0 Å². The van der Waals surface area contributed by atoms with Crippen molar-refractivity contribution in [1.82, 2.24) is 0 Å². The fourth-order valence-corrected chi connectivity index (χ4v) is 0.383. The molecule has 0 aromatic carbocycles. The van der Waals surface area contributed by atoms with Crippen LogP contribution >= 0.6 is 27.5 Å². The van der Waals surface area contributed by atoms with Crippen molar-refractivity contribution < 1.29 is 9.90 Å². The topological polar surface area (TPSA) is 37.3 Å². The summed E-state index contributed by atoms with van der Waals surface area (Å²) in [5, 5.41) is 7.89. The molecule has 0 rings (SSSR count). The van der Waals surface area contributed by atoms with Crippen molar-refractivity contribution in [1.29, 1.82) is 0 Å². The first-order valence-corrected chi connectivity index (χ1v) is 2.55. The van der Waals surface area contributed by atoms with Crippen molar-refractivity contribution in [2.75, 3.05) is 0 Å². The number of carboxylic acid groups (broad SMARTS) is 1. The van der Waals surface area contributed by atoms with Gasteiger partial charge in [-0.15, -0.1) is 0 Å². The highest BCUT2D eigenvalue weighted by Gasteiger charge is 1.87. The number of hydrogen-bond acceptors (Lipinski definition) is 1. The van der Waals surface area contributed by atoms with Gasteiger partial charge in [-0.25, -0.2) is 4.79 Å². The second kappa shape index (κ2) is 3.04. The quantitative estimate of drug-likeness (QED) is 0.629. The molecule has 0 aliphatic heterocycles. The highest BCUT2D eigenvalue weighted by Crippen LogP contribution is 2.07. The first-order chi connectivity index (χ1) is 3.13. The molecule has 0 fully saturated rings. The molecule has 0 aliphatic carbocycles. The maximum absolute atomic E-state index is 9.62. The summed E-state index contributed by atoms with van der Waals surface area (Å²) < 4.78 is 0.0972. The van der Waals surface area contributed by atoms with E-state index in [4.69, 9.17) is 16.7 Å². The standard InChI is InChI=1S/C3H2BrClO2/c4-2(5)1-3(6)7/h1H,(H,6,7)/b2-1-. The zero-order valence-corrected chi connectivity index (χ0v) is 5.53. The van der Waals surface area contributed by atoms with E-state index in [9.17, 15) is 4.79 Å². The van der Waals surface area contributed by atoms with Gasteiger partial charge in [-0.05, 0) is 15.9 Å². The van der Waals surface area contributed by atoms with Crippen LogP contribution < -0.4 is 0 Å². The number of halogens is 2. The van der Waals surface area contributed by atoms with Gasteiger partial charge < -0.3 is 5.11 Å². The first kappa shape index (κ1) is 6.98. The monoisotopic (exact) mass is 184 g/mol. The largest absolute Gasteiger partial charge is 0.478 e. The van der Waals surface area contributed by atoms with Crippen LogP contribution in [0, 0.1) is 0 Å². The first-order valence-electron chi connectivity index (χ1n) is 1.38. The normalized spacial score (nSPS) is 11.4. The number of rotatable bonds is 1. The van der Waals surface area contributed by atoms with Crippen molar-refractivity contribution in [3.63, 3.8) is 0 Å². The van der Waals surface area contributed by atoms with Gasteiger partial charge in [0, 0.05) is 6.08 Å². The molecule has 0 aromatic rings. The van der Waals surface area contributed by atoms with E-state index in [2.05, 4.69) is 15.9 Å². The minimum absolute atomic E-state index is 0.0972. The average Bonchev–Trinajstić information content (AvgIpc) is 1.27. The van der Waals surface area contributed by atoms with Gasteiger partial charge in [0.2, 0.25) is 0 Å². The van der Waals surface area contributed by atoms with E-state index in [1.165, 1.54) is 0 Å². The Bertz CT molecular complexity index is 106. The van der Waals surface area contributed by atoms with Crippen molar-refractivity contribution >= 4 is 33.5 Å². The lowest BCUT2D eigenvalue weighted by molar-refractivity contribution is -0.131. The zero-order chi connectivity index (χ0) is 5.86. The number of carboxylic acids is 1. The minimum Gasteiger partial charge on any atom is -0.478 e. The fraction of sp³-hybridized carbons (Fsp3) is 0. The number of carbonyl (C=O) groups is 1. The summed E-state index contributed by atoms with van der Waals surface area (Å²) in [6.07, 6.45) is 0.849. The fourth-order valence-electron chi connectivity index (χ4n) is 0.0933. The molecule has 7 heavy (non-hydrogen) atoms. The van der Waals surface area contributed by atoms with Crippen molar-refractivity contribution in [2.24, 2.45) is 0 Å². The van der Waals surface area contributed by atoms with E-state index < -0.39 is 5.97 Å². The Balaban J connectivity index is 3.68. The highest BCUT2D eigenvalue weighted by atomic mass is 79.9. The molecular weight excluding hydrogens is 183 g/mol. The van der Waals surface area contributed by atoms with Crippen LogP contribution in [0.2, 0.25) is 0 Å². The molecule has 0 aromatic heterocycles. The summed E-state index contributed by atoms with van der Waals surface area (Å²) >= 11 is 7.79. The summed E-state index contributed by atoms with van der Waals surface area (Å²) in [5.41, 5.74) is 0. The van der Waals surface area contributed by atoms with Crippen LogP contribution in [0.15, 0.2) is 10.0 Å². The molecule has 0 amide bonds. The molecule has 0 heterocycles. The second-order valence-electron chi connectivity index (χ2n) is 0.772. The van der Waals surface area contributed by atoms with Crippen molar-refractivity contribution in [2.45, 2.75) is 0 Å². The Morgan fingerprint density at radius 1 is 1.86 bits per heavy atom. The molecule has 0 saturated carbocycles. The molecule has 0 aliphatic rings. The lowest BCUT2D eigenvalue weighted by Gasteiger charge is -1.75. The Morgan fingerprint density at radius 2 is 2.29 bits per heavy atom. The lowest BCUT2D eigenvalue weighted by Crippen LogP contribution is -1.84. The van der Waals surface area contributed by atoms with Crippen LogP contribution in [0.3, 0.4) is 0 Å². The van der Waals surface area contributed by atoms with E-state index in [0.717, 1.165) is 6.08 Å². The average molecular weight is 185 g/mol. The predicted octanol–water partition coefficient (Wildman–Crippen LogP) is 1.55. The summed E-state index contributed by atoms with van der Waals surface area (Å²) in [5.74, 6) is -1.05. The summed E-state index contributed by atoms with van der Waals surface area (Å²) in [6.45, 7) is 0. The Labute approximate surface area is 53.9 Å². The van der Waals surface area contributed by atoms with Gasteiger partial charge in [0.25, 0.3) is 0 Å². The van der Waals surface area contributed by atoms with Gasteiger partial charge in [-0.3, -0.25) is 0 Å². The molecule has 0 unspecified atom stereocenters. The third-order valence-electron chi connectivity index (χ3n) is 0.233. The van der Waals surface area contributed by atoms with E-state index in [1.54, 1.807) is 0 Å². The molecular formula is C3H2BrClO2. The molecule has 0 spiro atoms. The maximum atomic E-state index is 9.62. The molecule has 4 heteroatoms. The van der Waals surface area contributed by atoms with Crippen molar-refractivity contribution in [3.05, 3.63) is 10.0 Å². The molecule has 0 radical (unpaired) electrons. The summed E-state index contributed by atoms with van der Waals surface area (Å²) in [7, 11) is 0.